The predicted octanol–water partition coefficient (Wildman–Crippen LogP) is 1.09. The Kier molecular flexibility index (Phi) is 8.08. The normalized spacial score (nSPS) is 19.5. The maximum Gasteiger partial charge on any atom is 0.243 e. The third-order valence-corrected chi connectivity index (χ3v) is 7.27. The second-order valence-corrected chi connectivity index (χ2v) is 10.0. The molecule has 3 heterocycles. The Hall–Kier alpha value is -3.96. The zero-order valence-electron chi connectivity index (χ0n) is 22.0. The number of benzene rings is 2. The molecular formula is C28H33N5O6. The third-order valence-electron chi connectivity index (χ3n) is 7.27. The zero-order chi connectivity index (χ0) is 27.4. The molecule has 0 saturated carbocycles. The lowest BCUT2D eigenvalue weighted by Crippen LogP contribution is -2.60. The summed E-state index contributed by atoms with van der Waals surface area (Å²) < 4.78 is 10.9. The molecule has 0 aliphatic carbocycles. The Bertz CT molecular complexity index is 1240. The summed E-state index contributed by atoms with van der Waals surface area (Å²) >= 11 is 0. The zero-order valence-corrected chi connectivity index (χ0v) is 22.0. The molecule has 0 aromatic heterocycles. The van der Waals surface area contributed by atoms with Crippen molar-refractivity contribution in [2.24, 2.45) is 0 Å². The first-order valence-corrected chi connectivity index (χ1v) is 13.2. The van der Waals surface area contributed by atoms with Crippen LogP contribution in [0.1, 0.15) is 29.3 Å². The average molecular weight is 536 g/mol. The first-order chi connectivity index (χ1) is 18.9. The number of anilines is 1. The van der Waals surface area contributed by atoms with Crippen molar-refractivity contribution in [2.75, 3.05) is 57.9 Å². The molecule has 3 aliphatic rings. The summed E-state index contributed by atoms with van der Waals surface area (Å²) in [5, 5.41) is 5.52. The molecule has 5 rings (SSSR count). The molecule has 3 amide bonds. The Balaban J connectivity index is 1.11. The fourth-order valence-electron chi connectivity index (χ4n) is 5.08. The maximum absolute atomic E-state index is 13.2. The Labute approximate surface area is 227 Å². The van der Waals surface area contributed by atoms with E-state index >= 15 is 0 Å². The van der Waals surface area contributed by atoms with Crippen LogP contribution in [-0.4, -0.2) is 96.9 Å². The van der Waals surface area contributed by atoms with Gasteiger partial charge in [0.25, 0.3) is 0 Å². The lowest BCUT2D eigenvalue weighted by molar-refractivity contribution is -0.145. The molecule has 206 valence electrons. The van der Waals surface area contributed by atoms with Crippen molar-refractivity contribution in [1.82, 2.24) is 20.0 Å². The van der Waals surface area contributed by atoms with Crippen molar-refractivity contribution in [3.8, 4) is 11.5 Å². The highest BCUT2D eigenvalue weighted by Gasteiger charge is 2.35. The molecule has 39 heavy (non-hydrogen) atoms. The molecule has 2 aromatic carbocycles. The molecule has 0 bridgehead atoms. The summed E-state index contributed by atoms with van der Waals surface area (Å²) in [6, 6.07) is 11.7. The summed E-state index contributed by atoms with van der Waals surface area (Å²) in [6.45, 7) is 6.55. The van der Waals surface area contributed by atoms with Crippen LogP contribution < -0.4 is 20.1 Å². The van der Waals surface area contributed by atoms with E-state index < -0.39 is 6.04 Å². The van der Waals surface area contributed by atoms with Gasteiger partial charge in [-0.1, -0.05) is 6.07 Å². The first kappa shape index (κ1) is 26.6. The van der Waals surface area contributed by atoms with Gasteiger partial charge in [0.05, 0.1) is 13.0 Å². The molecule has 11 heteroatoms. The number of fused-ring (bicyclic) bond motifs is 1. The van der Waals surface area contributed by atoms with Crippen LogP contribution in [0.4, 0.5) is 5.69 Å². The highest BCUT2D eigenvalue weighted by molar-refractivity contribution is 5.98. The van der Waals surface area contributed by atoms with Gasteiger partial charge in [0.1, 0.15) is 6.04 Å². The number of rotatable bonds is 8. The highest BCUT2D eigenvalue weighted by Crippen LogP contribution is 2.32. The number of carbonyl (C=O) groups excluding carboxylic acids is 4. The first-order valence-electron chi connectivity index (χ1n) is 13.2. The van der Waals surface area contributed by atoms with Crippen LogP contribution in [0.25, 0.3) is 0 Å². The van der Waals surface area contributed by atoms with Gasteiger partial charge in [0, 0.05) is 57.1 Å². The molecule has 11 nitrogen and oxygen atoms in total. The number of hydrogen-bond acceptors (Lipinski definition) is 8. The maximum atomic E-state index is 13.2. The standard InChI is InChI=1S/C28H33N5O6/c1-19(34)21-3-5-22(6-4-21)30-26(35)15-23-28(37)29-8-9-33(23)27(36)17-32-12-10-31(11-13-32)16-20-2-7-24-25(14-20)39-18-38-24/h2-7,14,23H,8-13,15-18H2,1H3,(H,29,37)(H,30,35)/t23-/m0/s1. The minimum absolute atomic E-state index is 0.0629. The van der Waals surface area contributed by atoms with Crippen LogP contribution in [0.2, 0.25) is 0 Å². The van der Waals surface area contributed by atoms with E-state index in [1.54, 1.807) is 24.3 Å². The molecule has 3 aliphatic heterocycles. The number of nitrogens with zero attached hydrogens (tertiary/aromatic N) is 3. The summed E-state index contributed by atoms with van der Waals surface area (Å²) in [4.78, 5) is 56.0. The van der Waals surface area contributed by atoms with E-state index in [0.29, 0.717) is 24.3 Å². The smallest absolute Gasteiger partial charge is 0.243 e. The summed E-state index contributed by atoms with van der Waals surface area (Å²) in [6.07, 6.45) is -0.144. The van der Waals surface area contributed by atoms with Crippen LogP contribution in [0.15, 0.2) is 42.5 Å². The van der Waals surface area contributed by atoms with E-state index in [1.165, 1.54) is 11.8 Å². The molecule has 2 N–H and O–H groups in total. The number of Topliss-reactive ketones (excluding diaryl/α,β-unsaturated/α-hetero) is 1. The molecule has 2 fully saturated rings. The molecule has 1 atom stereocenters. The minimum Gasteiger partial charge on any atom is -0.454 e. The number of piperazine rings is 2. The molecule has 0 spiro atoms. The van der Waals surface area contributed by atoms with Crippen molar-refractivity contribution in [3.05, 3.63) is 53.6 Å². The SMILES string of the molecule is CC(=O)c1ccc(NC(=O)C[C@H]2C(=O)NCCN2C(=O)CN2CCN(Cc3ccc4c(c3)OCO4)CC2)cc1. The van der Waals surface area contributed by atoms with Crippen molar-refractivity contribution < 1.29 is 28.7 Å². The fourth-order valence-corrected chi connectivity index (χ4v) is 5.08. The van der Waals surface area contributed by atoms with E-state index in [9.17, 15) is 19.2 Å². The number of amides is 3. The highest BCUT2D eigenvalue weighted by atomic mass is 16.7. The van der Waals surface area contributed by atoms with E-state index in [-0.39, 0.29) is 43.3 Å². The van der Waals surface area contributed by atoms with E-state index in [4.69, 9.17) is 9.47 Å². The Morgan fingerprint density at radius 3 is 2.41 bits per heavy atom. The van der Waals surface area contributed by atoms with Crippen molar-refractivity contribution in [3.63, 3.8) is 0 Å². The third kappa shape index (κ3) is 6.55. The molecule has 2 aromatic rings. The van der Waals surface area contributed by atoms with Crippen LogP contribution in [-0.2, 0) is 20.9 Å². The molecule has 0 unspecified atom stereocenters. The van der Waals surface area contributed by atoms with E-state index in [1.807, 2.05) is 18.2 Å². The largest absolute Gasteiger partial charge is 0.454 e. The van der Waals surface area contributed by atoms with Gasteiger partial charge < -0.3 is 25.0 Å². The molecule has 2 saturated heterocycles. The van der Waals surface area contributed by atoms with E-state index in [0.717, 1.165) is 49.8 Å². The molecular weight excluding hydrogens is 502 g/mol. The second-order valence-electron chi connectivity index (χ2n) is 10.0. The van der Waals surface area contributed by atoms with E-state index in [2.05, 4.69) is 20.4 Å². The number of hydrogen-bond donors (Lipinski definition) is 2. The summed E-state index contributed by atoms with van der Waals surface area (Å²) in [7, 11) is 0. The minimum atomic E-state index is -0.866. The number of ketones is 1. The van der Waals surface area contributed by atoms with Gasteiger partial charge in [-0.25, -0.2) is 0 Å². The topological polar surface area (TPSA) is 121 Å². The van der Waals surface area contributed by atoms with Crippen LogP contribution >= 0.6 is 0 Å². The Morgan fingerprint density at radius 2 is 1.67 bits per heavy atom. The molecule has 0 radical (unpaired) electrons. The van der Waals surface area contributed by atoms with Gasteiger partial charge in [-0.3, -0.25) is 29.0 Å². The van der Waals surface area contributed by atoms with Crippen LogP contribution in [0.5, 0.6) is 11.5 Å². The van der Waals surface area contributed by atoms with Crippen molar-refractivity contribution in [1.29, 1.82) is 0 Å². The number of nitrogens with one attached hydrogen (secondary N) is 2. The average Bonchev–Trinajstić information content (AvgIpc) is 3.39. The van der Waals surface area contributed by atoms with Gasteiger partial charge in [0.15, 0.2) is 17.3 Å². The monoisotopic (exact) mass is 535 g/mol. The van der Waals surface area contributed by atoms with Gasteiger partial charge in [-0.05, 0) is 48.9 Å². The number of carbonyl (C=O) groups is 4. The van der Waals surface area contributed by atoms with Gasteiger partial charge in [-0.15, -0.1) is 0 Å². The van der Waals surface area contributed by atoms with Gasteiger partial charge in [0.2, 0.25) is 24.5 Å². The van der Waals surface area contributed by atoms with Crippen LogP contribution in [0.3, 0.4) is 0 Å². The lowest BCUT2D eigenvalue weighted by Gasteiger charge is -2.38. The predicted molar refractivity (Wildman–Crippen MR) is 142 cm³/mol. The van der Waals surface area contributed by atoms with Crippen molar-refractivity contribution in [2.45, 2.75) is 25.9 Å². The quantitative estimate of drug-likeness (QED) is 0.482. The lowest BCUT2D eigenvalue weighted by atomic mass is 10.1. The second kappa shape index (κ2) is 11.8. The number of ether oxygens (including phenoxy) is 2. The summed E-state index contributed by atoms with van der Waals surface area (Å²) in [5.41, 5.74) is 2.22. The van der Waals surface area contributed by atoms with Gasteiger partial charge in [-0.2, -0.15) is 0 Å². The summed E-state index contributed by atoms with van der Waals surface area (Å²) in [5.74, 6) is 0.626. The van der Waals surface area contributed by atoms with Gasteiger partial charge >= 0.3 is 0 Å². The van der Waals surface area contributed by atoms with Crippen LogP contribution in [0, 0.1) is 0 Å². The Morgan fingerprint density at radius 1 is 0.949 bits per heavy atom. The fraction of sp³-hybridized carbons (Fsp3) is 0.429. The van der Waals surface area contributed by atoms with Crippen molar-refractivity contribution >= 4 is 29.2 Å².